The molecule has 5 rings (SSSR count). The summed E-state index contributed by atoms with van der Waals surface area (Å²) in [4.78, 5) is 34.7. The zero-order valence-corrected chi connectivity index (χ0v) is 15.2. The van der Waals surface area contributed by atoms with Crippen molar-refractivity contribution >= 4 is 10.8 Å². The van der Waals surface area contributed by atoms with Crippen LogP contribution in [0.5, 0.6) is 0 Å². The first-order chi connectivity index (χ1) is 13.8. The second kappa shape index (κ2) is 6.94. The summed E-state index contributed by atoms with van der Waals surface area (Å²) < 4.78 is 0. The van der Waals surface area contributed by atoms with E-state index in [9.17, 15) is 4.79 Å². The van der Waals surface area contributed by atoms with Gasteiger partial charge in [0.25, 0.3) is 5.56 Å². The van der Waals surface area contributed by atoms with Gasteiger partial charge in [-0.3, -0.25) is 14.7 Å². The van der Waals surface area contributed by atoms with Crippen LogP contribution in [0.2, 0.25) is 0 Å². The van der Waals surface area contributed by atoms with Gasteiger partial charge in [0.2, 0.25) is 0 Å². The number of aromatic nitrogens is 5. The highest BCUT2D eigenvalue weighted by atomic mass is 16.1. The van der Waals surface area contributed by atoms with E-state index in [0.29, 0.717) is 24.4 Å². The van der Waals surface area contributed by atoms with Gasteiger partial charge in [-0.1, -0.05) is 18.2 Å². The van der Waals surface area contributed by atoms with E-state index in [-0.39, 0.29) is 5.56 Å². The van der Waals surface area contributed by atoms with Crippen molar-refractivity contribution < 1.29 is 0 Å². The van der Waals surface area contributed by atoms with E-state index in [2.05, 4.69) is 49.1 Å². The molecular weight excluding hydrogens is 352 g/mol. The maximum absolute atomic E-state index is 12.5. The monoisotopic (exact) mass is 370 g/mol. The Morgan fingerprint density at radius 3 is 2.86 bits per heavy atom. The molecule has 0 atom stereocenters. The maximum atomic E-state index is 12.5. The van der Waals surface area contributed by atoms with E-state index >= 15 is 0 Å². The van der Waals surface area contributed by atoms with Crippen LogP contribution in [0.3, 0.4) is 0 Å². The van der Waals surface area contributed by atoms with Gasteiger partial charge < -0.3 is 4.98 Å². The highest BCUT2D eigenvalue weighted by Gasteiger charge is 2.22. The van der Waals surface area contributed by atoms with Crippen molar-refractivity contribution in [2.75, 3.05) is 6.54 Å². The second-order valence-corrected chi connectivity index (χ2v) is 6.94. The van der Waals surface area contributed by atoms with Crippen molar-refractivity contribution in [3.8, 4) is 11.4 Å². The largest absolute Gasteiger partial charge is 0.306 e. The number of nitrogens with zero attached hydrogens (tertiary/aromatic N) is 5. The van der Waals surface area contributed by atoms with Crippen molar-refractivity contribution in [3.63, 3.8) is 0 Å². The lowest BCUT2D eigenvalue weighted by Gasteiger charge is -2.28. The number of benzene rings is 1. The summed E-state index contributed by atoms with van der Waals surface area (Å²) in [6.45, 7) is 2.27. The Kier molecular flexibility index (Phi) is 4.14. The smallest absolute Gasteiger partial charge is 0.254 e. The Morgan fingerprint density at radius 2 is 1.96 bits per heavy atom. The summed E-state index contributed by atoms with van der Waals surface area (Å²) in [7, 11) is 0. The van der Waals surface area contributed by atoms with E-state index in [1.165, 1.54) is 17.3 Å². The number of aromatic amines is 1. The number of H-pyrrole nitrogens is 1. The highest BCUT2D eigenvalue weighted by molar-refractivity contribution is 5.84. The lowest BCUT2D eigenvalue weighted by molar-refractivity contribution is 0.241. The van der Waals surface area contributed by atoms with Crippen molar-refractivity contribution in [2.24, 2.45) is 0 Å². The summed E-state index contributed by atoms with van der Waals surface area (Å²) in [5.41, 5.74) is 3.50. The zero-order chi connectivity index (χ0) is 18.9. The summed E-state index contributed by atoms with van der Waals surface area (Å²) in [6.07, 6.45) is 9.17. The number of hydrogen-bond acceptors (Lipinski definition) is 6. The van der Waals surface area contributed by atoms with E-state index in [1.54, 1.807) is 12.4 Å². The fraction of sp³-hybridized carbons (Fsp3) is 0.190. The topological polar surface area (TPSA) is 87.7 Å². The van der Waals surface area contributed by atoms with E-state index < -0.39 is 0 Å². The Labute approximate surface area is 161 Å². The van der Waals surface area contributed by atoms with Crippen LogP contribution in [0.1, 0.15) is 16.8 Å². The molecule has 0 amide bonds. The van der Waals surface area contributed by atoms with E-state index in [0.717, 1.165) is 29.7 Å². The third-order valence-electron chi connectivity index (χ3n) is 5.15. The van der Waals surface area contributed by atoms with Gasteiger partial charge >= 0.3 is 0 Å². The molecule has 0 saturated carbocycles. The molecule has 4 aromatic rings. The molecule has 1 aliphatic rings. The molecule has 0 saturated heterocycles. The number of rotatable bonds is 3. The fourth-order valence-corrected chi connectivity index (χ4v) is 3.76. The Hall–Kier alpha value is -3.45. The van der Waals surface area contributed by atoms with E-state index in [4.69, 9.17) is 4.98 Å². The summed E-state index contributed by atoms with van der Waals surface area (Å²) in [5.74, 6) is 0.516. The normalized spacial score (nSPS) is 14.1. The Bertz CT molecular complexity index is 1200. The van der Waals surface area contributed by atoms with Gasteiger partial charge in [0.05, 0.1) is 11.3 Å². The molecule has 0 radical (unpaired) electrons. The molecule has 0 fully saturated rings. The first-order valence-corrected chi connectivity index (χ1v) is 9.19. The lowest BCUT2D eigenvalue weighted by atomic mass is 10.0. The maximum Gasteiger partial charge on any atom is 0.254 e. The molecular formula is C21H18N6O. The molecule has 0 spiro atoms. The van der Waals surface area contributed by atoms with Gasteiger partial charge in [-0.25, -0.2) is 15.0 Å². The van der Waals surface area contributed by atoms with Gasteiger partial charge in [-0.2, -0.15) is 0 Å². The minimum absolute atomic E-state index is 0.0697. The van der Waals surface area contributed by atoms with Crippen LogP contribution >= 0.6 is 0 Å². The second-order valence-electron chi connectivity index (χ2n) is 6.94. The van der Waals surface area contributed by atoms with Gasteiger partial charge in [0, 0.05) is 55.4 Å². The Balaban J connectivity index is 1.46. The zero-order valence-electron chi connectivity index (χ0n) is 15.2. The van der Waals surface area contributed by atoms with Gasteiger partial charge in [-0.05, 0) is 23.4 Å². The molecule has 1 aromatic carbocycles. The summed E-state index contributed by atoms with van der Waals surface area (Å²) >= 11 is 0. The molecule has 0 bridgehead atoms. The van der Waals surface area contributed by atoms with Crippen molar-refractivity contribution in [3.05, 3.63) is 82.6 Å². The molecule has 4 heterocycles. The molecule has 138 valence electrons. The predicted octanol–water partition coefficient (Wildman–Crippen LogP) is 2.33. The predicted molar refractivity (Wildman–Crippen MR) is 105 cm³/mol. The number of nitrogens with one attached hydrogen (secondary N) is 1. The molecule has 1 N–H and O–H groups in total. The molecule has 3 aromatic heterocycles. The summed E-state index contributed by atoms with van der Waals surface area (Å²) in [5, 5.41) is 2.35. The van der Waals surface area contributed by atoms with Crippen LogP contribution in [0, 0.1) is 0 Å². The van der Waals surface area contributed by atoms with Gasteiger partial charge in [-0.15, -0.1) is 0 Å². The molecule has 7 heteroatoms. The fourth-order valence-electron chi connectivity index (χ4n) is 3.76. The van der Waals surface area contributed by atoms with Crippen LogP contribution in [-0.2, 0) is 19.5 Å². The van der Waals surface area contributed by atoms with E-state index in [1.807, 2.05) is 12.4 Å². The first kappa shape index (κ1) is 16.7. The van der Waals surface area contributed by atoms with Crippen LogP contribution in [0.15, 0.2) is 60.2 Å². The van der Waals surface area contributed by atoms with Gasteiger partial charge in [0.15, 0.2) is 0 Å². The highest BCUT2D eigenvalue weighted by Crippen LogP contribution is 2.23. The lowest BCUT2D eigenvalue weighted by Crippen LogP contribution is -2.35. The third-order valence-corrected chi connectivity index (χ3v) is 5.15. The summed E-state index contributed by atoms with van der Waals surface area (Å²) in [6, 6.07) is 8.34. The minimum atomic E-state index is -0.0697. The molecule has 1 aliphatic heterocycles. The van der Waals surface area contributed by atoms with Crippen molar-refractivity contribution in [1.29, 1.82) is 0 Å². The standard InChI is InChI=1S/C21H18N6O/c28-21-18-5-7-27(11-15-3-1-2-14-8-22-6-4-17(14)15)12-19(18)25-20(26-21)16-9-23-13-24-10-16/h1-4,6,8-10,13H,5,7,11-12H2,(H,25,26,28). The molecule has 0 unspecified atom stereocenters. The third kappa shape index (κ3) is 3.05. The molecule has 28 heavy (non-hydrogen) atoms. The quantitative estimate of drug-likeness (QED) is 0.596. The van der Waals surface area contributed by atoms with Crippen molar-refractivity contribution in [1.82, 2.24) is 29.8 Å². The molecule has 0 aliphatic carbocycles. The number of pyridine rings is 1. The van der Waals surface area contributed by atoms with Crippen molar-refractivity contribution in [2.45, 2.75) is 19.5 Å². The van der Waals surface area contributed by atoms with Crippen LogP contribution < -0.4 is 5.56 Å². The Morgan fingerprint density at radius 1 is 1.07 bits per heavy atom. The average Bonchev–Trinajstić information content (AvgIpc) is 2.74. The number of hydrogen-bond donors (Lipinski definition) is 1. The van der Waals surface area contributed by atoms with Crippen LogP contribution in [-0.4, -0.2) is 36.4 Å². The van der Waals surface area contributed by atoms with Crippen LogP contribution in [0.25, 0.3) is 22.2 Å². The SMILES string of the molecule is O=c1[nH]c(-c2cncnc2)nc2c1CCN(Cc1cccc3cnccc13)C2. The minimum Gasteiger partial charge on any atom is -0.306 e. The molecule has 7 nitrogen and oxygen atoms in total. The first-order valence-electron chi connectivity index (χ1n) is 9.19. The van der Waals surface area contributed by atoms with Gasteiger partial charge in [0.1, 0.15) is 12.2 Å². The van der Waals surface area contributed by atoms with Crippen LogP contribution in [0.4, 0.5) is 0 Å². The number of fused-ring (bicyclic) bond motifs is 2. The average molecular weight is 370 g/mol.